The van der Waals surface area contributed by atoms with Crippen molar-refractivity contribution in [3.8, 4) is 0 Å². The summed E-state index contributed by atoms with van der Waals surface area (Å²) in [6, 6.07) is 18.4. The van der Waals surface area contributed by atoms with E-state index in [0.29, 0.717) is 0 Å². The maximum atomic E-state index is 6.31. The first-order valence-electron chi connectivity index (χ1n) is 8.55. The van der Waals surface area contributed by atoms with E-state index in [1.807, 2.05) is 18.2 Å². The highest BCUT2D eigenvalue weighted by molar-refractivity contribution is 7.99. The van der Waals surface area contributed by atoms with Crippen LogP contribution in [0.5, 0.6) is 0 Å². The van der Waals surface area contributed by atoms with Gasteiger partial charge in [-0.3, -0.25) is 0 Å². The van der Waals surface area contributed by atoms with Crippen LogP contribution in [0.3, 0.4) is 0 Å². The van der Waals surface area contributed by atoms with E-state index >= 15 is 0 Å². The molecule has 1 aliphatic rings. The molecule has 5 heteroatoms. The average Bonchev–Trinajstić information content (AvgIpc) is 2.89. The van der Waals surface area contributed by atoms with Gasteiger partial charge in [-0.1, -0.05) is 54.1 Å². The van der Waals surface area contributed by atoms with Crippen LogP contribution in [0.2, 0.25) is 5.02 Å². The minimum absolute atomic E-state index is 0. The van der Waals surface area contributed by atoms with Gasteiger partial charge in [-0.05, 0) is 42.0 Å². The molecule has 3 rings (SSSR count). The fourth-order valence-corrected chi connectivity index (χ4v) is 4.02. The Hall–Kier alpha value is -0.710. The Kier molecular flexibility index (Phi) is 9.14. The second-order valence-corrected chi connectivity index (χ2v) is 7.68. The maximum Gasteiger partial charge on any atom is 0.108 e. The van der Waals surface area contributed by atoms with Gasteiger partial charge in [0.2, 0.25) is 0 Å². The van der Waals surface area contributed by atoms with Gasteiger partial charge in [0.1, 0.15) is 6.10 Å². The van der Waals surface area contributed by atoms with Crippen LogP contribution >= 0.6 is 35.8 Å². The molecule has 0 amide bonds. The van der Waals surface area contributed by atoms with E-state index in [4.69, 9.17) is 16.3 Å². The van der Waals surface area contributed by atoms with Gasteiger partial charge in [0.15, 0.2) is 0 Å². The zero-order valence-electron chi connectivity index (χ0n) is 14.3. The van der Waals surface area contributed by atoms with Crippen LogP contribution in [-0.4, -0.2) is 42.6 Å². The van der Waals surface area contributed by atoms with Crippen molar-refractivity contribution < 1.29 is 4.74 Å². The molecule has 0 radical (unpaired) electrons. The Balaban J connectivity index is 0.00000225. The van der Waals surface area contributed by atoms with Crippen LogP contribution in [0.4, 0.5) is 0 Å². The first kappa shape index (κ1) is 20.6. The highest BCUT2D eigenvalue weighted by Crippen LogP contribution is 2.27. The van der Waals surface area contributed by atoms with Gasteiger partial charge in [0.25, 0.3) is 0 Å². The third-order valence-electron chi connectivity index (χ3n) is 4.28. The maximum absolute atomic E-state index is 6.31. The Morgan fingerprint density at radius 1 is 0.960 bits per heavy atom. The lowest BCUT2D eigenvalue weighted by molar-refractivity contribution is 0.0614. The number of rotatable bonds is 6. The third-order valence-corrected chi connectivity index (χ3v) is 5.58. The molecule has 136 valence electrons. The third kappa shape index (κ3) is 6.50. The molecule has 25 heavy (non-hydrogen) atoms. The highest BCUT2D eigenvalue weighted by Gasteiger charge is 2.16. The number of hydrogen-bond acceptors (Lipinski definition) is 3. The molecule has 0 N–H and O–H groups in total. The van der Waals surface area contributed by atoms with Crippen molar-refractivity contribution >= 4 is 35.8 Å². The molecule has 0 aliphatic carbocycles. The first-order chi connectivity index (χ1) is 11.8. The van der Waals surface area contributed by atoms with Gasteiger partial charge in [-0.15, -0.1) is 12.4 Å². The second-order valence-electron chi connectivity index (χ2n) is 6.02. The van der Waals surface area contributed by atoms with Gasteiger partial charge in [-0.25, -0.2) is 0 Å². The van der Waals surface area contributed by atoms with Crippen LogP contribution in [0.25, 0.3) is 0 Å². The summed E-state index contributed by atoms with van der Waals surface area (Å²) in [6.45, 7) is 4.10. The molecule has 0 aromatic heterocycles. The van der Waals surface area contributed by atoms with Crippen LogP contribution in [0.1, 0.15) is 23.7 Å². The SMILES string of the molecule is Cl.Clc1ccc(C(OCCN2CCCSCC2)c2ccccc2)cc1. The van der Waals surface area contributed by atoms with Crippen molar-refractivity contribution in [3.63, 3.8) is 0 Å². The highest BCUT2D eigenvalue weighted by atomic mass is 35.5. The summed E-state index contributed by atoms with van der Waals surface area (Å²) in [5.41, 5.74) is 2.34. The molecule has 2 aromatic rings. The lowest BCUT2D eigenvalue weighted by Gasteiger charge is -2.23. The van der Waals surface area contributed by atoms with Crippen molar-refractivity contribution in [3.05, 3.63) is 70.7 Å². The normalized spacial score (nSPS) is 16.7. The molecule has 2 nitrogen and oxygen atoms in total. The fourth-order valence-electron chi connectivity index (χ4n) is 2.97. The van der Waals surface area contributed by atoms with Crippen molar-refractivity contribution in [2.75, 3.05) is 37.7 Å². The molecule has 1 fully saturated rings. The lowest BCUT2D eigenvalue weighted by atomic mass is 10.0. The molecule has 1 heterocycles. The molecule has 1 atom stereocenters. The summed E-state index contributed by atoms with van der Waals surface area (Å²) in [4.78, 5) is 2.52. The van der Waals surface area contributed by atoms with Crippen LogP contribution in [-0.2, 0) is 4.74 Å². The topological polar surface area (TPSA) is 12.5 Å². The van der Waals surface area contributed by atoms with E-state index in [-0.39, 0.29) is 18.5 Å². The minimum atomic E-state index is -0.0372. The Bertz CT molecular complexity index is 601. The van der Waals surface area contributed by atoms with Crippen molar-refractivity contribution in [2.24, 2.45) is 0 Å². The number of thioether (sulfide) groups is 1. The fraction of sp³-hybridized carbons (Fsp3) is 0.400. The predicted molar refractivity (Wildman–Crippen MR) is 111 cm³/mol. The molecule has 0 spiro atoms. The molecule has 1 unspecified atom stereocenters. The summed E-state index contributed by atoms with van der Waals surface area (Å²) >= 11 is 8.09. The van der Waals surface area contributed by atoms with Gasteiger partial charge in [0.05, 0.1) is 6.61 Å². The van der Waals surface area contributed by atoms with Crippen molar-refractivity contribution in [1.82, 2.24) is 4.90 Å². The number of nitrogens with zero attached hydrogens (tertiary/aromatic N) is 1. The van der Waals surface area contributed by atoms with Crippen molar-refractivity contribution in [1.29, 1.82) is 0 Å². The van der Waals surface area contributed by atoms with E-state index in [0.717, 1.165) is 23.7 Å². The van der Waals surface area contributed by atoms with Gasteiger partial charge >= 0.3 is 0 Å². The predicted octanol–water partition coefficient (Wildman–Crippen LogP) is 5.31. The number of hydrogen-bond donors (Lipinski definition) is 0. The summed E-state index contributed by atoms with van der Waals surface area (Å²) in [6.07, 6.45) is 1.24. The van der Waals surface area contributed by atoms with E-state index in [2.05, 4.69) is 53.1 Å². The van der Waals surface area contributed by atoms with Crippen LogP contribution in [0.15, 0.2) is 54.6 Å². The molecule has 0 bridgehead atoms. The Morgan fingerprint density at radius 2 is 1.68 bits per heavy atom. The van der Waals surface area contributed by atoms with E-state index in [1.165, 1.54) is 36.6 Å². The van der Waals surface area contributed by atoms with Gasteiger partial charge < -0.3 is 9.64 Å². The lowest BCUT2D eigenvalue weighted by Crippen LogP contribution is -2.30. The molecule has 1 saturated heterocycles. The smallest absolute Gasteiger partial charge is 0.108 e. The number of halogens is 2. The van der Waals surface area contributed by atoms with Gasteiger partial charge in [0, 0.05) is 23.9 Å². The van der Waals surface area contributed by atoms with Crippen LogP contribution < -0.4 is 0 Å². The zero-order chi connectivity index (χ0) is 16.6. The summed E-state index contributed by atoms with van der Waals surface area (Å²) in [7, 11) is 0. The first-order valence-corrected chi connectivity index (χ1v) is 10.1. The molecule has 1 aliphatic heterocycles. The quantitative estimate of drug-likeness (QED) is 0.655. The summed E-state index contributed by atoms with van der Waals surface area (Å²) in [5, 5.41) is 0.757. The standard InChI is InChI=1S/C20H24ClNOS.ClH/c21-19-9-7-18(8-10-19)20(17-5-2-1-3-6-17)23-14-12-22-11-4-15-24-16-13-22;/h1-3,5-10,20H,4,11-16H2;1H. The molecule has 2 aromatic carbocycles. The van der Waals surface area contributed by atoms with Crippen LogP contribution in [0, 0.1) is 0 Å². The van der Waals surface area contributed by atoms with Crippen molar-refractivity contribution in [2.45, 2.75) is 12.5 Å². The molecular weight excluding hydrogens is 373 g/mol. The zero-order valence-corrected chi connectivity index (χ0v) is 16.7. The molecule has 0 saturated carbocycles. The Labute approximate surface area is 166 Å². The Morgan fingerprint density at radius 3 is 2.44 bits per heavy atom. The van der Waals surface area contributed by atoms with E-state index in [9.17, 15) is 0 Å². The monoisotopic (exact) mass is 397 g/mol. The van der Waals surface area contributed by atoms with E-state index in [1.54, 1.807) is 0 Å². The number of ether oxygens (including phenoxy) is 1. The average molecular weight is 398 g/mol. The summed E-state index contributed by atoms with van der Waals surface area (Å²) < 4.78 is 6.31. The molecular formula is C20H25Cl2NOS. The van der Waals surface area contributed by atoms with E-state index < -0.39 is 0 Å². The largest absolute Gasteiger partial charge is 0.367 e. The van der Waals surface area contributed by atoms with Gasteiger partial charge in [-0.2, -0.15) is 11.8 Å². The summed E-state index contributed by atoms with van der Waals surface area (Å²) in [5.74, 6) is 2.52. The second kappa shape index (κ2) is 11.1. The minimum Gasteiger partial charge on any atom is -0.367 e. The number of benzene rings is 2.